The van der Waals surface area contributed by atoms with E-state index in [2.05, 4.69) is 4.74 Å². The van der Waals surface area contributed by atoms with Crippen molar-refractivity contribution < 1.29 is 14.5 Å². The minimum absolute atomic E-state index is 0.745. The Hall–Kier alpha value is -1.13. The van der Waals surface area contributed by atoms with Gasteiger partial charge in [0.2, 0.25) is 0 Å². The standard InChI is InChI=1S/C2HNO4/c4-2-1(7-2)3(5)6/h1H. The summed E-state index contributed by atoms with van der Waals surface area (Å²) in [6.45, 7) is 0. The molecule has 0 spiro atoms. The summed E-state index contributed by atoms with van der Waals surface area (Å²) in [7, 11) is 0. The summed E-state index contributed by atoms with van der Waals surface area (Å²) >= 11 is 0. The molecule has 0 aromatic heterocycles. The zero-order valence-electron chi connectivity index (χ0n) is 3.16. The Labute approximate surface area is 38.0 Å². The Kier molecular flexibility index (Phi) is 0.535. The fraction of sp³-hybridized carbons (Fsp3) is 0.500. The second kappa shape index (κ2) is 0.927. The largest absolute Gasteiger partial charge is 0.454 e. The van der Waals surface area contributed by atoms with Crippen LogP contribution in [0.5, 0.6) is 0 Å². The van der Waals surface area contributed by atoms with E-state index < -0.39 is 17.1 Å². The predicted octanol–water partition coefficient (Wildman–Crippen LogP) is -0.854. The number of cyclic esters (lactones) is 1. The average Bonchev–Trinajstić information content (AvgIpc) is 2.17. The number of hydrogen-bond acceptors (Lipinski definition) is 4. The van der Waals surface area contributed by atoms with Crippen molar-refractivity contribution >= 4 is 5.97 Å². The Balaban J connectivity index is 2.48. The van der Waals surface area contributed by atoms with Crippen molar-refractivity contribution in [1.82, 2.24) is 0 Å². The highest BCUT2D eigenvalue weighted by Crippen LogP contribution is 2.10. The highest BCUT2D eigenvalue weighted by molar-refractivity contribution is 5.85. The Bertz CT molecular complexity index is 130. The molecule has 5 nitrogen and oxygen atoms in total. The lowest BCUT2D eigenvalue weighted by atomic mass is 10.8. The monoisotopic (exact) mass is 103 g/mol. The number of nitro groups is 1. The molecule has 1 aliphatic heterocycles. The molecule has 0 bridgehead atoms. The number of ether oxygens (including phenoxy) is 1. The minimum atomic E-state index is -1.35. The molecule has 1 unspecified atom stereocenters. The van der Waals surface area contributed by atoms with Crippen LogP contribution >= 0.6 is 0 Å². The van der Waals surface area contributed by atoms with E-state index in [9.17, 15) is 14.9 Å². The fourth-order valence-electron chi connectivity index (χ4n) is 0.205. The molecular weight excluding hydrogens is 102 g/mol. The first-order chi connectivity index (χ1) is 3.22. The van der Waals surface area contributed by atoms with Crippen molar-refractivity contribution in [3.8, 4) is 0 Å². The molecule has 0 radical (unpaired) electrons. The molecule has 0 aromatic rings. The smallest absolute Gasteiger partial charge is 0.381 e. The summed E-state index contributed by atoms with van der Waals surface area (Å²) in [5.41, 5.74) is 0. The van der Waals surface area contributed by atoms with Crippen LogP contribution in [0.3, 0.4) is 0 Å². The van der Waals surface area contributed by atoms with Crippen LogP contribution in [0.25, 0.3) is 0 Å². The fourth-order valence-corrected chi connectivity index (χ4v) is 0.205. The number of nitrogens with zero attached hydrogens (tertiary/aromatic N) is 1. The van der Waals surface area contributed by atoms with Crippen molar-refractivity contribution in [2.24, 2.45) is 0 Å². The summed E-state index contributed by atoms with van der Waals surface area (Å²) in [6.07, 6.45) is -1.35. The maximum absolute atomic E-state index is 9.66. The van der Waals surface area contributed by atoms with Gasteiger partial charge in [-0.3, -0.25) is 10.1 Å². The molecule has 5 heteroatoms. The Morgan fingerprint density at radius 1 is 1.86 bits per heavy atom. The number of carbonyl (C=O) groups excluding carboxylic acids is 1. The van der Waals surface area contributed by atoms with Crippen molar-refractivity contribution in [3.63, 3.8) is 0 Å². The lowest BCUT2D eigenvalue weighted by Gasteiger charge is -1.70. The van der Waals surface area contributed by atoms with Crippen molar-refractivity contribution in [2.45, 2.75) is 6.23 Å². The molecule has 0 saturated carbocycles. The summed E-state index contributed by atoms with van der Waals surface area (Å²) < 4.78 is 3.84. The number of rotatable bonds is 1. The number of hydrogen-bond donors (Lipinski definition) is 0. The molecule has 1 rings (SSSR count). The van der Waals surface area contributed by atoms with Crippen LogP contribution in [0.15, 0.2) is 0 Å². The topological polar surface area (TPSA) is 72.7 Å². The van der Waals surface area contributed by atoms with Crippen molar-refractivity contribution in [3.05, 3.63) is 10.1 Å². The molecule has 7 heavy (non-hydrogen) atoms. The predicted molar refractivity (Wildman–Crippen MR) is 16.9 cm³/mol. The molecule has 1 saturated heterocycles. The molecule has 0 amide bonds. The van der Waals surface area contributed by atoms with E-state index in [4.69, 9.17) is 0 Å². The number of carbonyl (C=O) groups is 1. The first-order valence-electron chi connectivity index (χ1n) is 1.56. The van der Waals surface area contributed by atoms with Gasteiger partial charge in [-0.1, -0.05) is 0 Å². The number of epoxide rings is 1. The highest BCUT2D eigenvalue weighted by atomic mass is 16.7. The molecular formula is C2HNO4. The summed E-state index contributed by atoms with van der Waals surface area (Å²) in [5, 5.41) is 9.43. The average molecular weight is 103 g/mol. The lowest BCUT2D eigenvalue weighted by molar-refractivity contribution is -0.513. The molecule has 1 heterocycles. The Morgan fingerprint density at radius 2 is 2.29 bits per heavy atom. The second-order valence-electron chi connectivity index (χ2n) is 1.07. The van der Waals surface area contributed by atoms with E-state index >= 15 is 0 Å². The molecule has 0 N–H and O–H groups in total. The van der Waals surface area contributed by atoms with Gasteiger partial charge in [0.1, 0.15) is 0 Å². The van der Waals surface area contributed by atoms with Crippen molar-refractivity contribution in [2.75, 3.05) is 0 Å². The van der Waals surface area contributed by atoms with Crippen LogP contribution in [-0.4, -0.2) is 17.1 Å². The SMILES string of the molecule is O=C1OC1[N+](=O)[O-]. The van der Waals surface area contributed by atoms with Gasteiger partial charge in [0, 0.05) is 0 Å². The van der Waals surface area contributed by atoms with Gasteiger partial charge in [0.15, 0.2) is 0 Å². The molecule has 1 atom stereocenters. The molecule has 0 aliphatic carbocycles. The van der Waals surface area contributed by atoms with Crippen molar-refractivity contribution in [1.29, 1.82) is 0 Å². The van der Waals surface area contributed by atoms with Crippen LogP contribution in [0.1, 0.15) is 0 Å². The summed E-state index contributed by atoms with van der Waals surface area (Å²) in [5.74, 6) is -0.745. The van der Waals surface area contributed by atoms with E-state index in [1.54, 1.807) is 0 Å². The van der Waals surface area contributed by atoms with Gasteiger partial charge in [0.05, 0.1) is 4.92 Å². The van der Waals surface area contributed by atoms with E-state index in [0.29, 0.717) is 0 Å². The van der Waals surface area contributed by atoms with E-state index in [0.717, 1.165) is 0 Å². The van der Waals surface area contributed by atoms with Gasteiger partial charge in [-0.05, 0) is 0 Å². The maximum atomic E-state index is 9.66. The lowest BCUT2D eigenvalue weighted by Crippen LogP contribution is -2.02. The highest BCUT2D eigenvalue weighted by Gasteiger charge is 2.51. The maximum Gasteiger partial charge on any atom is 0.454 e. The van der Waals surface area contributed by atoms with E-state index in [1.807, 2.05) is 0 Å². The third-order valence-corrected chi connectivity index (χ3v) is 0.564. The van der Waals surface area contributed by atoms with Crippen LogP contribution in [0, 0.1) is 10.1 Å². The molecule has 1 aliphatic rings. The van der Waals surface area contributed by atoms with Gasteiger partial charge in [-0.15, -0.1) is 0 Å². The molecule has 0 aromatic carbocycles. The van der Waals surface area contributed by atoms with Crippen LogP contribution in [0.2, 0.25) is 0 Å². The van der Waals surface area contributed by atoms with E-state index in [1.165, 1.54) is 0 Å². The van der Waals surface area contributed by atoms with Gasteiger partial charge in [-0.25, -0.2) is 4.79 Å². The van der Waals surface area contributed by atoms with Gasteiger partial charge >= 0.3 is 12.2 Å². The first-order valence-corrected chi connectivity index (χ1v) is 1.56. The minimum Gasteiger partial charge on any atom is -0.381 e. The van der Waals surface area contributed by atoms with Gasteiger partial charge < -0.3 is 4.74 Å². The van der Waals surface area contributed by atoms with Gasteiger partial charge in [0.25, 0.3) is 0 Å². The van der Waals surface area contributed by atoms with Crippen LogP contribution < -0.4 is 0 Å². The summed E-state index contributed by atoms with van der Waals surface area (Å²) in [4.78, 5) is 18.3. The van der Waals surface area contributed by atoms with Gasteiger partial charge in [-0.2, -0.15) is 0 Å². The normalized spacial score (nSPS) is 26.3. The first kappa shape index (κ1) is 4.04. The quantitative estimate of drug-likeness (QED) is 0.246. The zero-order chi connectivity index (χ0) is 5.44. The summed E-state index contributed by atoms with van der Waals surface area (Å²) in [6, 6.07) is 0. The van der Waals surface area contributed by atoms with Crippen LogP contribution in [-0.2, 0) is 9.53 Å². The Morgan fingerprint density at radius 3 is 2.29 bits per heavy atom. The van der Waals surface area contributed by atoms with E-state index in [-0.39, 0.29) is 0 Å². The second-order valence-corrected chi connectivity index (χ2v) is 1.07. The van der Waals surface area contributed by atoms with Crippen LogP contribution in [0.4, 0.5) is 0 Å². The third kappa shape index (κ3) is 0.510. The molecule has 1 fully saturated rings. The third-order valence-electron chi connectivity index (χ3n) is 0.564. The zero-order valence-corrected chi connectivity index (χ0v) is 3.16. The molecule has 38 valence electrons.